The van der Waals surface area contributed by atoms with E-state index in [4.69, 9.17) is 0 Å². The summed E-state index contributed by atoms with van der Waals surface area (Å²) in [4.78, 5) is 0. The van der Waals surface area contributed by atoms with Crippen molar-refractivity contribution in [3.05, 3.63) is 15.9 Å². The first-order valence-electron chi connectivity index (χ1n) is 5.93. The fourth-order valence-corrected chi connectivity index (χ4v) is 2.98. The van der Waals surface area contributed by atoms with E-state index in [0.29, 0.717) is 11.7 Å². The van der Waals surface area contributed by atoms with Crippen LogP contribution in [0.25, 0.3) is 0 Å². The van der Waals surface area contributed by atoms with Crippen LogP contribution in [0.4, 0.5) is 0 Å². The predicted molar refractivity (Wildman–Crippen MR) is 77.6 cm³/mol. The zero-order valence-electron chi connectivity index (χ0n) is 10.9. The van der Waals surface area contributed by atoms with Gasteiger partial charge in [0.15, 0.2) is 0 Å². The number of hydrogen-bond acceptors (Lipinski definition) is 3. The smallest absolute Gasteiger partial charge is 0.0738 e. The summed E-state index contributed by atoms with van der Waals surface area (Å²) < 4.78 is 2.86. The monoisotopic (exact) mass is 320 g/mol. The molecule has 0 saturated carbocycles. The molecule has 1 heterocycles. The maximum absolute atomic E-state index is 10.0. The lowest BCUT2D eigenvalue weighted by molar-refractivity contribution is 0.197. The maximum Gasteiger partial charge on any atom is 0.0738 e. The van der Waals surface area contributed by atoms with Gasteiger partial charge in [0, 0.05) is 24.5 Å². The molecule has 1 rings (SSSR count). The number of aliphatic hydroxyl groups excluding tert-OH is 1. The summed E-state index contributed by atoms with van der Waals surface area (Å²) in [6.07, 6.45) is 1.49. The van der Waals surface area contributed by atoms with E-state index in [1.54, 1.807) is 0 Å². The van der Waals surface area contributed by atoms with Gasteiger partial charge < -0.3 is 5.11 Å². The van der Waals surface area contributed by atoms with Gasteiger partial charge in [-0.05, 0) is 29.3 Å². The van der Waals surface area contributed by atoms with Crippen LogP contribution in [0.5, 0.6) is 0 Å². The van der Waals surface area contributed by atoms with Gasteiger partial charge in [-0.3, -0.25) is 4.68 Å². The number of halogens is 1. The molecule has 1 aromatic heterocycles. The Morgan fingerprint density at radius 3 is 2.65 bits per heavy atom. The zero-order valence-corrected chi connectivity index (χ0v) is 13.3. The lowest BCUT2D eigenvalue weighted by Gasteiger charge is -2.13. The van der Waals surface area contributed by atoms with E-state index in [9.17, 15) is 5.11 Å². The van der Waals surface area contributed by atoms with Crippen molar-refractivity contribution in [3.63, 3.8) is 0 Å². The summed E-state index contributed by atoms with van der Waals surface area (Å²) in [5, 5.41) is 15.0. The first kappa shape index (κ1) is 15.1. The highest BCUT2D eigenvalue weighted by molar-refractivity contribution is 9.10. The largest absolute Gasteiger partial charge is 0.392 e. The Morgan fingerprint density at radius 1 is 1.53 bits per heavy atom. The van der Waals surface area contributed by atoms with Crippen LogP contribution < -0.4 is 0 Å². The van der Waals surface area contributed by atoms with Crippen molar-refractivity contribution in [1.82, 2.24) is 9.78 Å². The van der Waals surface area contributed by atoms with Gasteiger partial charge in [-0.1, -0.05) is 13.8 Å². The topological polar surface area (TPSA) is 38.1 Å². The molecule has 98 valence electrons. The molecule has 0 aliphatic rings. The number of aryl methyl sites for hydroxylation is 2. The van der Waals surface area contributed by atoms with Crippen LogP contribution in [0.2, 0.25) is 0 Å². The average molecular weight is 321 g/mol. The molecule has 0 saturated heterocycles. The van der Waals surface area contributed by atoms with Crippen molar-refractivity contribution in [1.29, 1.82) is 0 Å². The van der Waals surface area contributed by atoms with E-state index < -0.39 is 0 Å². The van der Waals surface area contributed by atoms with E-state index in [0.717, 1.165) is 28.0 Å². The second-order valence-electron chi connectivity index (χ2n) is 4.38. The third-order valence-corrected chi connectivity index (χ3v) is 5.35. The molecular formula is C12H21BrN2OS. The number of thioether (sulfide) groups is 1. The van der Waals surface area contributed by atoms with Crippen molar-refractivity contribution < 1.29 is 5.11 Å². The molecule has 1 N–H and O–H groups in total. The minimum Gasteiger partial charge on any atom is -0.392 e. The number of nitrogens with zero attached hydrogens (tertiary/aromatic N) is 2. The Kier molecular flexibility index (Phi) is 6.03. The molecule has 0 radical (unpaired) electrons. The molecule has 0 aliphatic carbocycles. The van der Waals surface area contributed by atoms with E-state index in [2.05, 4.69) is 34.9 Å². The summed E-state index contributed by atoms with van der Waals surface area (Å²) >= 11 is 5.35. The predicted octanol–water partition coefficient (Wildman–Crippen LogP) is 2.93. The number of hydrogen-bond donors (Lipinski definition) is 1. The van der Waals surface area contributed by atoms with Gasteiger partial charge in [-0.15, -0.1) is 0 Å². The average Bonchev–Trinajstić information content (AvgIpc) is 2.53. The summed E-state index contributed by atoms with van der Waals surface area (Å²) in [6, 6.07) is 0. The SMILES string of the molecule is CCC(C)SCC(O)Cc1c(Br)c(C)nn1C. The quantitative estimate of drug-likeness (QED) is 0.875. The van der Waals surface area contributed by atoms with Gasteiger partial charge in [0.25, 0.3) is 0 Å². The molecular weight excluding hydrogens is 300 g/mol. The highest BCUT2D eigenvalue weighted by Crippen LogP contribution is 2.23. The van der Waals surface area contributed by atoms with Crippen molar-refractivity contribution >= 4 is 27.7 Å². The van der Waals surface area contributed by atoms with E-state index in [1.807, 2.05) is 30.4 Å². The Morgan fingerprint density at radius 2 is 2.18 bits per heavy atom. The van der Waals surface area contributed by atoms with Crippen LogP contribution in [0, 0.1) is 6.92 Å². The molecule has 0 bridgehead atoms. The Hall–Kier alpha value is 0. The first-order chi connectivity index (χ1) is 7.95. The molecule has 2 atom stereocenters. The first-order valence-corrected chi connectivity index (χ1v) is 7.77. The van der Waals surface area contributed by atoms with Crippen molar-refractivity contribution in [2.45, 2.75) is 45.0 Å². The van der Waals surface area contributed by atoms with Crippen molar-refractivity contribution in [3.8, 4) is 0 Å². The van der Waals surface area contributed by atoms with Gasteiger partial charge in [0.1, 0.15) is 0 Å². The minimum atomic E-state index is -0.305. The molecule has 1 aromatic rings. The summed E-state index contributed by atoms with van der Waals surface area (Å²) in [5.74, 6) is 0.783. The van der Waals surface area contributed by atoms with Gasteiger partial charge in [-0.2, -0.15) is 16.9 Å². The van der Waals surface area contributed by atoms with Crippen LogP contribution in [0.3, 0.4) is 0 Å². The van der Waals surface area contributed by atoms with Crippen LogP contribution in [-0.2, 0) is 13.5 Å². The zero-order chi connectivity index (χ0) is 13.0. The van der Waals surface area contributed by atoms with E-state index >= 15 is 0 Å². The second kappa shape index (κ2) is 6.81. The van der Waals surface area contributed by atoms with Crippen LogP contribution in [0.1, 0.15) is 31.7 Å². The van der Waals surface area contributed by atoms with Crippen molar-refractivity contribution in [2.24, 2.45) is 7.05 Å². The van der Waals surface area contributed by atoms with Crippen molar-refractivity contribution in [2.75, 3.05) is 5.75 Å². The Labute approximate surface area is 116 Å². The summed E-state index contributed by atoms with van der Waals surface area (Å²) in [7, 11) is 1.92. The molecule has 0 spiro atoms. The fourth-order valence-electron chi connectivity index (χ4n) is 1.58. The van der Waals surface area contributed by atoms with Gasteiger partial charge in [-0.25, -0.2) is 0 Å². The highest BCUT2D eigenvalue weighted by Gasteiger charge is 2.15. The van der Waals surface area contributed by atoms with Crippen LogP contribution >= 0.6 is 27.7 Å². The molecule has 0 aliphatic heterocycles. The lowest BCUT2D eigenvalue weighted by atomic mass is 10.2. The van der Waals surface area contributed by atoms with Gasteiger partial charge in [0.2, 0.25) is 0 Å². The Balaban J connectivity index is 2.53. The lowest BCUT2D eigenvalue weighted by Crippen LogP contribution is -2.17. The van der Waals surface area contributed by atoms with E-state index in [1.165, 1.54) is 0 Å². The third-order valence-electron chi connectivity index (χ3n) is 2.84. The van der Waals surface area contributed by atoms with Crippen LogP contribution in [-0.4, -0.2) is 32.0 Å². The molecule has 5 heteroatoms. The number of aromatic nitrogens is 2. The molecule has 17 heavy (non-hydrogen) atoms. The standard InChI is InChI=1S/C12H21BrN2OS/c1-5-8(2)17-7-10(16)6-11-12(13)9(3)14-15(11)4/h8,10,16H,5-7H2,1-4H3. The molecule has 0 fully saturated rings. The number of rotatable bonds is 6. The molecule has 3 nitrogen and oxygen atoms in total. The number of aliphatic hydroxyl groups is 1. The summed E-state index contributed by atoms with van der Waals surface area (Å²) in [6.45, 7) is 6.33. The summed E-state index contributed by atoms with van der Waals surface area (Å²) in [5.41, 5.74) is 2.05. The van der Waals surface area contributed by atoms with Gasteiger partial charge in [0.05, 0.1) is 22.0 Å². The molecule has 2 unspecified atom stereocenters. The van der Waals surface area contributed by atoms with Gasteiger partial charge >= 0.3 is 0 Å². The Bertz CT molecular complexity index is 368. The van der Waals surface area contributed by atoms with Crippen LogP contribution in [0.15, 0.2) is 4.47 Å². The fraction of sp³-hybridized carbons (Fsp3) is 0.750. The highest BCUT2D eigenvalue weighted by atomic mass is 79.9. The molecule has 0 aromatic carbocycles. The van der Waals surface area contributed by atoms with E-state index in [-0.39, 0.29) is 6.10 Å². The second-order valence-corrected chi connectivity index (χ2v) is 6.64. The minimum absolute atomic E-state index is 0.305. The maximum atomic E-state index is 10.0. The normalized spacial score (nSPS) is 14.9. The molecule has 0 amide bonds. The third kappa shape index (κ3) is 4.30.